The Kier molecular flexibility index (Phi) is 5.64. The predicted octanol–water partition coefficient (Wildman–Crippen LogP) is 3.39. The standard InChI is InChI=1S/C12H18Cl2N2O3/c1-5-18-7-16-9(14)8(13)15-10(16)11(17)19-6-12(2,3)4/h5-7H2,1-4H3. The fraction of sp³-hybridized carbons (Fsp3) is 0.667. The minimum Gasteiger partial charge on any atom is -0.459 e. The molecule has 0 saturated carbocycles. The first-order valence-corrected chi connectivity index (χ1v) is 6.68. The molecule has 0 N–H and O–H groups in total. The van der Waals surface area contributed by atoms with Gasteiger partial charge in [-0.3, -0.25) is 4.57 Å². The predicted molar refractivity (Wildman–Crippen MR) is 73.6 cm³/mol. The van der Waals surface area contributed by atoms with Crippen molar-refractivity contribution >= 4 is 29.2 Å². The monoisotopic (exact) mass is 308 g/mol. The number of hydrogen-bond acceptors (Lipinski definition) is 4. The molecule has 1 aromatic rings. The van der Waals surface area contributed by atoms with E-state index in [1.54, 1.807) is 0 Å². The average molecular weight is 309 g/mol. The normalized spacial score (nSPS) is 11.7. The van der Waals surface area contributed by atoms with Crippen LogP contribution in [0.1, 0.15) is 38.3 Å². The second kappa shape index (κ2) is 6.59. The number of nitrogens with zero attached hydrogens (tertiary/aromatic N) is 2. The number of carbonyl (C=O) groups excluding carboxylic acids is 1. The maximum Gasteiger partial charge on any atom is 0.374 e. The van der Waals surface area contributed by atoms with Crippen LogP contribution in [0.15, 0.2) is 0 Å². The summed E-state index contributed by atoms with van der Waals surface area (Å²) in [6, 6.07) is 0. The van der Waals surface area contributed by atoms with Crippen LogP contribution >= 0.6 is 23.2 Å². The summed E-state index contributed by atoms with van der Waals surface area (Å²) in [4.78, 5) is 15.9. The topological polar surface area (TPSA) is 53.4 Å². The number of carbonyl (C=O) groups is 1. The Balaban J connectivity index is 2.86. The van der Waals surface area contributed by atoms with Gasteiger partial charge >= 0.3 is 5.97 Å². The van der Waals surface area contributed by atoms with E-state index in [9.17, 15) is 4.79 Å². The van der Waals surface area contributed by atoms with Gasteiger partial charge in [0.2, 0.25) is 5.82 Å². The van der Waals surface area contributed by atoms with E-state index in [0.717, 1.165) is 0 Å². The van der Waals surface area contributed by atoms with E-state index >= 15 is 0 Å². The highest BCUT2D eigenvalue weighted by Gasteiger charge is 2.23. The molecule has 0 aliphatic rings. The van der Waals surface area contributed by atoms with Gasteiger partial charge in [-0.15, -0.1) is 0 Å². The van der Waals surface area contributed by atoms with E-state index < -0.39 is 5.97 Å². The SMILES string of the molecule is CCOCn1c(C(=O)OCC(C)(C)C)nc(Cl)c1Cl. The van der Waals surface area contributed by atoms with Crippen molar-refractivity contribution in [3.05, 3.63) is 16.1 Å². The lowest BCUT2D eigenvalue weighted by Gasteiger charge is -2.17. The highest BCUT2D eigenvalue weighted by molar-refractivity contribution is 6.40. The van der Waals surface area contributed by atoms with Gasteiger partial charge in [0, 0.05) is 6.61 Å². The van der Waals surface area contributed by atoms with Crippen LogP contribution in [-0.2, 0) is 16.2 Å². The number of aromatic nitrogens is 2. The molecule has 5 nitrogen and oxygen atoms in total. The fourth-order valence-electron chi connectivity index (χ4n) is 1.21. The highest BCUT2D eigenvalue weighted by atomic mass is 35.5. The quantitative estimate of drug-likeness (QED) is 0.782. The molecule has 0 aliphatic heterocycles. The molecular formula is C12H18Cl2N2O3. The number of esters is 1. The van der Waals surface area contributed by atoms with Crippen molar-refractivity contribution in [3.8, 4) is 0 Å². The first-order chi connectivity index (χ1) is 8.76. The minimum absolute atomic E-state index is 0.0488. The Hall–Kier alpha value is -0.780. The van der Waals surface area contributed by atoms with Gasteiger partial charge in [-0.1, -0.05) is 44.0 Å². The number of ether oxygens (including phenoxy) is 2. The van der Waals surface area contributed by atoms with Crippen molar-refractivity contribution in [2.24, 2.45) is 5.41 Å². The smallest absolute Gasteiger partial charge is 0.374 e. The van der Waals surface area contributed by atoms with Crippen LogP contribution in [0.4, 0.5) is 0 Å². The lowest BCUT2D eigenvalue weighted by atomic mass is 9.99. The summed E-state index contributed by atoms with van der Waals surface area (Å²) in [5.41, 5.74) is -0.124. The molecule has 1 rings (SSSR count). The zero-order valence-electron chi connectivity index (χ0n) is 11.5. The van der Waals surface area contributed by atoms with Crippen LogP contribution in [0, 0.1) is 5.41 Å². The van der Waals surface area contributed by atoms with Gasteiger partial charge in [-0.05, 0) is 12.3 Å². The number of rotatable bonds is 5. The van der Waals surface area contributed by atoms with E-state index in [0.29, 0.717) is 6.61 Å². The number of imidazole rings is 1. The van der Waals surface area contributed by atoms with Crippen molar-refractivity contribution in [1.82, 2.24) is 9.55 Å². The molecule has 0 aliphatic carbocycles. The maximum absolute atomic E-state index is 12.0. The van der Waals surface area contributed by atoms with Crippen molar-refractivity contribution in [2.75, 3.05) is 13.2 Å². The van der Waals surface area contributed by atoms with Gasteiger partial charge in [-0.2, -0.15) is 0 Å². The van der Waals surface area contributed by atoms with Crippen LogP contribution in [0.3, 0.4) is 0 Å². The molecule has 0 fully saturated rings. The Morgan fingerprint density at radius 1 is 1.37 bits per heavy atom. The number of hydrogen-bond donors (Lipinski definition) is 0. The molecule has 0 radical (unpaired) electrons. The zero-order valence-corrected chi connectivity index (χ0v) is 13.0. The highest BCUT2D eigenvalue weighted by Crippen LogP contribution is 2.24. The summed E-state index contributed by atoms with van der Waals surface area (Å²) < 4.78 is 11.8. The Morgan fingerprint density at radius 3 is 2.53 bits per heavy atom. The third-order valence-electron chi connectivity index (χ3n) is 2.11. The molecule has 0 aromatic carbocycles. The first-order valence-electron chi connectivity index (χ1n) is 5.92. The molecule has 19 heavy (non-hydrogen) atoms. The molecule has 0 saturated heterocycles. The molecule has 0 unspecified atom stereocenters. The van der Waals surface area contributed by atoms with Crippen molar-refractivity contribution in [2.45, 2.75) is 34.4 Å². The summed E-state index contributed by atoms with van der Waals surface area (Å²) in [5.74, 6) is -0.517. The second-order valence-electron chi connectivity index (χ2n) is 5.20. The molecule has 0 bridgehead atoms. The Labute approximate surface area is 122 Å². The summed E-state index contributed by atoms with van der Waals surface area (Å²) in [7, 11) is 0. The summed E-state index contributed by atoms with van der Waals surface area (Å²) in [6.07, 6.45) is 0. The van der Waals surface area contributed by atoms with E-state index in [4.69, 9.17) is 32.7 Å². The molecular weight excluding hydrogens is 291 g/mol. The van der Waals surface area contributed by atoms with E-state index in [-0.39, 0.29) is 34.9 Å². The Morgan fingerprint density at radius 2 is 2.00 bits per heavy atom. The van der Waals surface area contributed by atoms with Gasteiger partial charge in [0.1, 0.15) is 11.9 Å². The molecule has 1 heterocycles. The maximum atomic E-state index is 12.0. The summed E-state index contributed by atoms with van der Waals surface area (Å²) in [6.45, 7) is 8.61. The molecule has 0 amide bonds. The van der Waals surface area contributed by atoms with Gasteiger partial charge in [0.25, 0.3) is 0 Å². The van der Waals surface area contributed by atoms with E-state index in [1.165, 1.54) is 4.57 Å². The molecule has 7 heteroatoms. The zero-order chi connectivity index (χ0) is 14.6. The van der Waals surface area contributed by atoms with Crippen LogP contribution < -0.4 is 0 Å². The molecule has 1 aromatic heterocycles. The van der Waals surface area contributed by atoms with Gasteiger partial charge < -0.3 is 9.47 Å². The fourth-order valence-corrected chi connectivity index (χ4v) is 1.56. The first kappa shape index (κ1) is 16.3. The van der Waals surface area contributed by atoms with Gasteiger partial charge in [-0.25, -0.2) is 9.78 Å². The summed E-state index contributed by atoms with van der Waals surface area (Å²) >= 11 is 11.8. The second-order valence-corrected chi connectivity index (χ2v) is 5.92. The van der Waals surface area contributed by atoms with Gasteiger partial charge in [0.05, 0.1) is 6.61 Å². The van der Waals surface area contributed by atoms with E-state index in [2.05, 4.69) is 4.98 Å². The lowest BCUT2D eigenvalue weighted by molar-refractivity contribution is 0.0318. The third-order valence-corrected chi connectivity index (χ3v) is 2.85. The molecule has 108 valence electrons. The van der Waals surface area contributed by atoms with Crippen molar-refractivity contribution in [3.63, 3.8) is 0 Å². The van der Waals surface area contributed by atoms with Crippen LogP contribution in [0.25, 0.3) is 0 Å². The average Bonchev–Trinajstić information content (AvgIpc) is 2.60. The largest absolute Gasteiger partial charge is 0.459 e. The lowest BCUT2D eigenvalue weighted by Crippen LogP contribution is -2.21. The molecule has 0 atom stereocenters. The summed E-state index contributed by atoms with van der Waals surface area (Å²) in [5, 5.41) is 0.224. The van der Waals surface area contributed by atoms with Crippen LogP contribution in [-0.4, -0.2) is 28.7 Å². The van der Waals surface area contributed by atoms with E-state index in [1.807, 2.05) is 27.7 Å². The molecule has 0 spiro atoms. The Bertz CT molecular complexity index is 453. The third kappa shape index (κ3) is 4.67. The van der Waals surface area contributed by atoms with Crippen molar-refractivity contribution in [1.29, 1.82) is 0 Å². The van der Waals surface area contributed by atoms with Crippen molar-refractivity contribution < 1.29 is 14.3 Å². The van der Waals surface area contributed by atoms with Crippen LogP contribution in [0.2, 0.25) is 10.3 Å². The van der Waals surface area contributed by atoms with Gasteiger partial charge in [0.15, 0.2) is 5.15 Å². The van der Waals surface area contributed by atoms with Crippen LogP contribution in [0.5, 0.6) is 0 Å². The number of halogens is 2. The minimum atomic E-state index is -0.566.